The summed E-state index contributed by atoms with van der Waals surface area (Å²) in [7, 11) is 0. The van der Waals surface area contributed by atoms with Gasteiger partial charge in [-0.25, -0.2) is 23.4 Å². The van der Waals surface area contributed by atoms with E-state index in [1.165, 1.54) is 0 Å². The summed E-state index contributed by atoms with van der Waals surface area (Å²) in [6.45, 7) is 5.46. The highest BCUT2D eigenvalue weighted by molar-refractivity contribution is 5.24. The van der Waals surface area contributed by atoms with Crippen LogP contribution in [0.15, 0.2) is 12.1 Å². The van der Waals surface area contributed by atoms with E-state index in [0.29, 0.717) is 30.9 Å². The first-order valence-corrected chi connectivity index (χ1v) is 8.71. The Kier molecular flexibility index (Phi) is 4.86. The van der Waals surface area contributed by atoms with Crippen molar-refractivity contribution < 1.29 is 13.9 Å². The highest BCUT2D eigenvalue weighted by Crippen LogP contribution is 2.37. The van der Waals surface area contributed by atoms with Crippen LogP contribution >= 0.6 is 0 Å². The van der Waals surface area contributed by atoms with Crippen molar-refractivity contribution in [3.8, 4) is 5.95 Å². The van der Waals surface area contributed by atoms with E-state index in [4.69, 9.17) is 0 Å². The molecule has 1 aliphatic rings. The summed E-state index contributed by atoms with van der Waals surface area (Å²) in [4.78, 5) is 8.99. The number of hydrogen-bond donors (Lipinski definition) is 1. The molecular formula is C18H24F2N4O. The summed E-state index contributed by atoms with van der Waals surface area (Å²) < 4.78 is 28.3. The lowest BCUT2D eigenvalue weighted by atomic mass is 9.84. The monoisotopic (exact) mass is 350 g/mol. The quantitative estimate of drug-likeness (QED) is 0.913. The second-order valence-corrected chi connectivity index (χ2v) is 7.10. The zero-order chi connectivity index (χ0) is 18.2. The van der Waals surface area contributed by atoms with E-state index in [-0.39, 0.29) is 18.8 Å². The summed E-state index contributed by atoms with van der Waals surface area (Å²) in [5.74, 6) is -1.92. The molecule has 0 aliphatic heterocycles. The zero-order valence-electron chi connectivity index (χ0n) is 14.8. The lowest BCUT2D eigenvalue weighted by Gasteiger charge is -2.28. The molecule has 0 saturated heterocycles. The Morgan fingerprint density at radius 2 is 1.92 bits per heavy atom. The second-order valence-electron chi connectivity index (χ2n) is 7.10. The van der Waals surface area contributed by atoms with Crippen LogP contribution in [-0.4, -0.2) is 30.8 Å². The first kappa shape index (κ1) is 17.9. The van der Waals surface area contributed by atoms with Crippen LogP contribution in [0, 0.1) is 19.8 Å². The van der Waals surface area contributed by atoms with Gasteiger partial charge < -0.3 is 5.11 Å². The van der Waals surface area contributed by atoms with Gasteiger partial charge in [0.1, 0.15) is 0 Å². The molecule has 1 fully saturated rings. The molecule has 25 heavy (non-hydrogen) atoms. The van der Waals surface area contributed by atoms with Crippen molar-refractivity contribution >= 4 is 0 Å². The van der Waals surface area contributed by atoms with Crippen LogP contribution < -0.4 is 0 Å². The van der Waals surface area contributed by atoms with E-state index in [1.807, 2.05) is 19.9 Å². The van der Waals surface area contributed by atoms with Crippen LogP contribution in [0.25, 0.3) is 5.95 Å². The molecule has 0 amide bonds. The van der Waals surface area contributed by atoms with Crippen LogP contribution in [-0.2, 0) is 6.42 Å². The average molecular weight is 350 g/mol. The van der Waals surface area contributed by atoms with Gasteiger partial charge in [-0.05, 0) is 58.1 Å². The van der Waals surface area contributed by atoms with Crippen LogP contribution in [0.4, 0.5) is 8.78 Å². The number of aromatic nitrogens is 4. The van der Waals surface area contributed by atoms with Gasteiger partial charge in [0.15, 0.2) is 0 Å². The van der Waals surface area contributed by atoms with Crippen molar-refractivity contribution in [2.24, 2.45) is 5.92 Å². The lowest BCUT2D eigenvalue weighted by Crippen LogP contribution is -2.26. The number of halogens is 2. The molecule has 2 heterocycles. The molecule has 1 atom stereocenters. The Morgan fingerprint density at radius 1 is 1.24 bits per heavy atom. The van der Waals surface area contributed by atoms with E-state index >= 15 is 0 Å². The number of alkyl halides is 2. The first-order valence-electron chi connectivity index (χ1n) is 8.71. The maximum absolute atomic E-state index is 13.3. The number of rotatable bonds is 4. The van der Waals surface area contributed by atoms with Crippen molar-refractivity contribution in [2.45, 2.75) is 64.9 Å². The van der Waals surface area contributed by atoms with Gasteiger partial charge in [0, 0.05) is 24.2 Å². The summed E-state index contributed by atoms with van der Waals surface area (Å²) in [5, 5.41) is 14.3. The predicted molar refractivity (Wildman–Crippen MR) is 89.9 cm³/mol. The Labute approximate surface area is 146 Å². The third-order valence-corrected chi connectivity index (χ3v) is 4.75. The zero-order valence-corrected chi connectivity index (χ0v) is 14.8. The van der Waals surface area contributed by atoms with E-state index in [9.17, 15) is 13.9 Å². The largest absolute Gasteiger partial charge is 0.387 e. The minimum atomic E-state index is -2.53. The average Bonchev–Trinajstić information content (AvgIpc) is 2.88. The number of aliphatic hydroxyl groups is 1. The fourth-order valence-electron chi connectivity index (χ4n) is 3.35. The fourth-order valence-corrected chi connectivity index (χ4v) is 3.35. The predicted octanol–water partition coefficient (Wildman–Crippen LogP) is 3.70. The van der Waals surface area contributed by atoms with Crippen LogP contribution in [0.1, 0.15) is 61.5 Å². The third kappa shape index (κ3) is 4.21. The normalized spacial score (nSPS) is 19.1. The molecule has 3 rings (SSSR count). The van der Waals surface area contributed by atoms with Gasteiger partial charge >= 0.3 is 0 Å². The van der Waals surface area contributed by atoms with E-state index < -0.39 is 12.0 Å². The minimum absolute atomic E-state index is 0.0592. The summed E-state index contributed by atoms with van der Waals surface area (Å²) in [6, 6.07) is 3.70. The van der Waals surface area contributed by atoms with Crippen LogP contribution in [0.5, 0.6) is 0 Å². The topological polar surface area (TPSA) is 63.8 Å². The molecule has 0 aromatic carbocycles. The van der Waals surface area contributed by atoms with Gasteiger partial charge in [0.2, 0.25) is 5.92 Å². The number of hydrogen-bond acceptors (Lipinski definition) is 4. The molecule has 0 bridgehead atoms. The Hall–Kier alpha value is -1.89. The van der Waals surface area contributed by atoms with Crippen molar-refractivity contribution in [3.05, 3.63) is 34.9 Å². The van der Waals surface area contributed by atoms with Gasteiger partial charge in [-0.3, -0.25) is 0 Å². The molecule has 2 aromatic rings. The second kappa shape index (κ2) is 6.78. The molecule has 2 aromatic heterocycles. The molecule has 7 heteroatoms. The molecule has 1 N–H and O–H groups in total. The van der Waals surface area contributed by atoms with Crippen molar-refractivity contribution in [1.29, 1.82) is 0 Å². The van der Waals surface area contributed by atoms with Gasteiger partial charge in [-0.2, -0.15) is 5.10 Å². The van der Waals surface area contributed by atoms with Gasteiger partial charge in [0.25, 0.3) is 5.95 Å². The highest BCUT2D eigenvalue weighted by Gasteiger charge is 2.35. The minimum Gasteiger partial charge on any atom is -0.387 e. The van der Waals surface area contributed by atoms with E-state index in [2.05, 4.69) is 15.1 Å². The third-order valence-electron chi connectivity index (χ3n) is 4.75. The molecule has 0 radical (unpaired) electrons. The van der Waals surface area contributed by atoms with Gasteiger partial charge in [-0.1, -0.05) is 0 Å². The Balaban J connectivity index is 1.87. The standard InChI is InChI=1S/C18H24F2N4O/c1-11-8-12(2)24(23-11)17-21-15(10-16(22-17)13(3)25)9-14-4-6-18(19,20)7-5-14/h8,10,13-14,25H,4-7,9H2,1-3H3/t13-/m1/s1. The Morgan fingerprint density at radius 3 is 2.48 bits per heavy atom. The molecule has 1 aliphatic carbocycles. The SMILES string of the molecule is Cc1cc(C)n(-c2nc(CC3CCC(F)(F)CC3)cc([C@@H](C)O)n2)n1. The fraction of sp³-hybridized carbons (Fsp3) is 0.611. The number of nitrogens with zero attached hydrogens (tertiary/aromatic N) is 4. The molecule has 0 unspecified atom stereocenters. The summed E-state index contributed by atoms with van der Waals surface area (Å²) in [6.07, 6.45) is 0.761. The van der Waals surface area contributed by atoms with Crippen molar-refractivity contribution in [1.82, 2.24) is 19.7 Å². The van der Waals surface area contributed by atoms with E-state index in [0.717, 1.165) is 17.1 Å². The molecular weight excluding hydrogens is 326 g/mol. The van der Waals surface area contributed by atoms with Gasteiger partial charge in [0.05, 0.1) is 17.5 Å². The summed E-state index contributed by atoms with van der Waals surface area (Å²) in [5.41, 5.74) is 3.06. The molecule has 1 saturated carbocycles. The van der Waals surface area contributed by atoms with Crippen LogP contribution in [0.2, 0.25) is 0 Å². The first-order chi connectivity index (χ1) is 11.7. The molecule has 5 nitrogen and oxygen atoms in total. The van der Waals surface area contributed by atoms with E-state index in [1.54, 1.807) is 17.7 Å². The number of aliphatic hydroxyl groups excluding tert-OH is 1. The smallest absolute Gasteiger partial charge is 0.251 e. The maximum Gasteiger partial charge on any atom is 0.251 e. The molecule has 0 spiro atoms. The van der Waals surface area contributed by atoms with Crippen molar-refractivity contribution in [3.63, 3.8) is 0 Å². The summed E-state index contributed by atoms with van der Waals surface area (Å²) >= 11 is 0. The van der Waals surface area contributed by atoms with Crippen LogP contribution in [0.3, 0.4) is 0 Å². The maximum atomic E-state index is 13.3. The van der Waals surface area contributed by atoms with Gasteiger partial charge in [-0.15, -0.1) is 0 Å². The molecule has 136 valence electrons. The lowest BCUT2D eigenvalue weighted by molar-refractivity contribution is -0.0457. The van der Waals surface area contributed by atoms with Crippen molar-refractivity contribution in [2.75, 3.05) is 0 Å². The Bertz CT molecular complexity index is 748. The number of aryl methyl sites for hydroxylation is 2. The highest BCUT2D eigenvalue weighted by atomic mass is 19.3.